The van der Waals surface area contributed by atoms with Gasteiger partial charge in [0.25, 0.3) is 0 Å². The molecule has 3 fully saturated rings. The van der Waals surface area contributed by atoms with Crippen molar-refractivity contribution in [2.75, 3.05) is 13.6 Å². The van der Waals surface area contributed by atoms with Crippen LogP contribution < -0.4 is 0 Å². The van der Waals surface area contributed by atoms with Gasteiger partial charge in [0.2, 0.25) is 5.91 Å². The number of allylic oxidation sites excluding steroid dienone is 3. The van der Waals surface area contributed by atoms with Crippen molar-refractivity contribution < 1.29 is 19.5 Å². The zero-order chi connectivity index (χ0) is 30.6. The number of fused-ring (bicyclic) bond motifs is 7. The van der Waals surface area contributed by atoms with Crippen LogP contribution >= 0.6 is 0 Å². The van der Waals surface area contributed by atoms with E-state index >= 15 is 0 Å². The molecule has 0 spiro atoms. The Labute approximate surface area is 246 Å². The van der Waals surface area contributed by atoms with E-state index in [4.69, 9.17) is 0 Å². The molecule has 0 radical (unpaired) electrons. The smallest absolute Gasteiger partial charge is 0.228 e. The molecular formula is C35H50N2O4. The summed E-state index contributed by atoms with van der Waals surface area (Å²) in [7, 11) is 1.87. The highest BCUT2D eigenvalue weighted by Crippen LogP contribution is 2.75. The van der Waals surface area contributed by atoms with E-state index in [2.05, 4.69) is 40.7 Å². The first kappa shape index (κ1) is 30.2. The SMILES string of the molecule is CCCN(C)C(=O)C1(C)CCC2(C)CCC3(C)C4(C)CCC5C(C)(C)C(=O)C(C#N)=CC5(C)C4=CC(=O)C3(O)C2C1. The van der Waals surface area contributed by atoms with Gasteiger partial charge >= 0.3 is 0 Å². The maximum atomic E-state index is 14.6. The Kier molecular flexibility index (Phi) is 6.54. The largest absolute Gasteiger partial charge is 0.381 e. The third kappa shape index (κ3) is 3.54. The number of nitriles is 1. The lowest BCUT2D eigenvalue weighted by atomic mass is 9.33. The van der Waals surface area contributed by atoms with Crippen molar-refractivity contribution in [3.8, 4) is 6.07 Å². The maximum Gasteiger partial charge on any atom is 0.228 e. The number of carbonyl (C=O) groups is 3. The molecule has 0 heterocycles. The van der Waals surface area contributed by atoms with Gasteiger partial charge in [-0.2, -0.15) is 5.26 Å². The minimum Gasteiger partial charge on any atom is -0.381 e. The van der Waals surface area contributed by atoms with Crippen LogP contribution in [0.4, 0.5) is 0 Å². The van der Waals surface area contributed by atoms with Crippen LogP contribution in [-0.2, 0) is 14.4 Å². The normalized spacial score (nSPS) is 46.6. The Bertz CT molecular complexity index is 1320. The van der Waals surface area contributed by atoms with Gasteiger partial charge in [0, 0.05) is 41.2 Å². The molecule has 3 saturated carbocycles. The van der Waals surface area contributed by atoms with Crippen LogP contribution in [0.2, 0.25) is 0 Å². The number of amides is 1. The lowest BCUT2D eigenvalue weighted by molar-refractivity contribution is -0.243. The molecule has 0 aromatic heterocycles. The van der Waals surface area contributed by atoms with E-state index in [1.54, 1.807) is 6.08 Å². The van der Waals surface area contributed by atoms with E-state index < -0.39 is 32.7 Å². The summed E-state index contributed by atoms with van der Waals surface area (Å²) in [6.07, 6.45) is 9.65. The summed E-state index contributed by atoms with van der Waals surface area (Å²) in [5, 5.41) is 22.9. The summed E-state index contributed by atoms with van der Waals surface area (Å²) >= 11 is 0. The zero-order valence-electron chi connectivity index (χ0n) is 26.7. The molecule has 8 unspecified atom stereocenters. The molecule has 0 bridgehead atoms. The summed E-state index contributed by atoms with van der Waals surface area (Å²) in [6.45, 7) is 17.3. The number of nitrogens with zero attached hydrogens (tertiary/aromatic N) is 2. The van der Waals surface area contributed by atoms with Crippen LogP contribution in [-0.4, -0.2) is 46.7 Å². The Morgan fingerprint density at radius 3 is 2.27 bits per heavy atom. The first-order valence-electron chi connectivity index (χ1n) is 15.8. The lowest BCUT2D eigenvalue weighted by Crippen LogP contribution is -2.74. The second kappa shape index (κ2) is 8.88. The monoisotopic (exact) mass is 562 g/mol. The molecule has 5 aliphatic rings. The molecule has 1 N–H and O–H groups in total. The van der Waals surface area contributed by atoms with Gasteiger partial charge in [-0.25, -0.2) is 0 Å². The van der Waals surface area contributed by atoms with Gasteiger partial charge in [-0.3, -0.25) is 14.4 Å². The molecule has 0 saturated heterocycles. The van der Waals surface area contributed by atoms with Crippen molar-refractivity contribution in [1.82, 2.24) is 4.90 Å². The van der Waals surface area contributed by atoms with Gasteiger partial charge in [0.1, 0.15) is 11.7 Å². The highest BCUT2D eigenvalue weighted by molar-refractivity contribution is 6.05. The molecule has 8 atom stereocenters. The molecule has 0 aliphatic heterocycles. The number of aliphatic hydroxyl groups is 1. The molecule has 6 nitrogen and oxygen atoms in total. The second-order valence-electron chi connectivity index (χ2n) is 16.1. The summed E-state index contributed by atoms with van der Waals surface area (Å²) in [5.74, 6) is -0.650. The number of ketones is 2. The molecular weight excluding hydrogens is 512 g/mol. The lowest BCUT2D eigenvalue weighted by Gasteiger charge is -2.71. The van der Waals surface area contributed by atoms with E-state index in [0.717, 1.165) is 44.1 Å². The van der Waals surface area contributed by atoms with Crippen molar-refractivity contribution in [1.29, 1.82) is 5.26 Å². The third-order valence-corrected chi connectivity index (χ3v) is 13.7. The van der Waals surface area contributed by atoms with Crippen molar-refractivity contribution in [3.05, 3.63) is 23.3 Å². The Morgan fingerprint density at radius 1 is 1.02 bits per heavy atom. The number of Topliss-reactive ketones (excluding diaryl/α,β-unsaturated/α-hetero) is 1. The summed E-state index contributed by atoms with van der Waals surface area (Å²) in [6, 6.07) is 2.15. The van der Waals surface area contributed by atoms with E-state index in [0.29, 0.717) is 19.4 Å². The minimum absolute atomic E-state index is 0.0416. The first-order chi connectivity index (χ1) is 18.8. The van der Waals surface area contributed by atoms with Crippen molar-refractivity contribution >= 4 is 17.5 Å². The quantitative estimate of drug-likeness (QED) is 0.442. The van der Waals surface area contributed by atoms with Crippen molar-refractivity contribution in [2.45, 2.75) is 112 Å². The summed E-state index contributed by atoms with van der Waals surface area (Å²) in [5.41, 5.74) is -3.95. The molecule has 224 valence electrons. The van der Waals surface area contributed by atoms with Crippen LogP contribution in [0.3, 0.4) is 0 Å². The molecule has 0 aromatic carbocycles. The zero-order valence-corrected chi connectivity index (χ0v) is 26.7. The minimum atomic E-state index is -1.60. The average Bonchev–Trinajstić information content (AvgIpc) is 2.91. The van der Waals surface area contributed by atoms with Crippen molar-refractivity contribution in [3.63, 3.8) is 0 Å². The molecule has 5 rings (SSSR count). The Hall–Kier alpha value is -2.26. The van der Waals surface area contributed by atoms with Crippen LogP contribution in [0.5, 0.6) is 0 Å². The fraction of sp³-hybridized carbons (Fsp3) is 0.771. The predicted molar refractivity (Wildman–Crippen MR) is 158 cm³/mol. The predicted octanol–water partition coefficient (Wildman–Crippen LogP) is 6.19. The Balaban J connectivity index is 1.66. The highest BCUT2D eigenvalue weighted by atomic mass is 16.3. The number of hydrogen-bond acceptors (Lipinski definition) is 5. The number of hydrogen-bond donors (Lipinski definition) is 1. The maximum absolute atomic E-state index is 14.6. The van der Waals surface area contributed by atoms with Gasteiger partial charge < -0.3 is 10.0 Å². The second-order valence-corrected chi connectivity index (χ2v) is 16.1. The van der Waals surface area contributed by atoms with Gasteiger partial charge in [0.05, 0.1) is 5.57 Å². The third-order valence-electron chi connectivity index (χ3n) is 13.7. The molecule has 0 aromatic rings. The van der Waals surface area contributed by atoms with Gasteiger partial charge in [0.15, 0.2) is 11.6 Å². The summed E-state index contributed by atoms with van der Waals surface area (Å²) < 4.78 is 0. The van der Waals surface area contributed by atoms with Crippen LogP contribution in [0, 0.1) is 55.7 Å². The van der Waals surface area contributed by atoms with E-state index in [9.17, 15) is 24.8 Å². The van der Waals surface area contributed by atoms with Crippen molar-refractivity contribution in [2.24, 2.45) is 44.3 Å². The van der Waals surface area contributed by atoms with Crippen LogP contribution in [0.15, 0.2) is 23.3 Å². The highest BCUT2D eigenvalue weighted by Gasteiger charge is 2.75. The standard InChI is InChI=1S/C35H50N2O4/c1-10-17-37(9)28(40)31(5)14-13-30(4)15-16-34(8)33(7)12-11-23-29(2,3)27(39)22(21-36)19-32(23,6)24(33)18-26(38)35(34,41)25(30)20-31/h18-19,23,25,41H,10-17,20H2,1-9H3. The molecule has 1 amide bonds. The van der Waals surface area contributed by atoms with E-state index in [1.807, 2.05) is 38.8 Å². The van der Waals surface area contributed by atoms with Gasteiger partial charge in [-0.1, -0.05) is 61.5 Å². The van der Waals surface area contributed by atoms with Crippen LogP contribution in [0.1, 0.15) is 107 Å². The topological polar surface area (TPSA) is 98.5 Å². The molecule has 5 aliphatic carbocycles. The fourth-order valence-electron chi connectivity index (χ4n) is 10.8. The van der Waals surface area contributed by atoms with Gasteiger partial charge in [-0.05, 0) is 79.8 Å². The first-order valence-corrected chi connectivity index (χ1v) is 15.8. The average molecular weight is 563 g/mol. The van der Waals surface area contributed by atoms with E-state index in [1.165, 1.54) is 0 Å². The van der Waals surface area contributed by atoms with Gasteiger partial charge in [-0.15, -0.1) is 0 Å². The molecule has 41 heavy (non-hydrogen) atoms. The number of rotatable bonds is 3. The van der Waals surface area contributed by atoms with Crippen LogP contribution in [0.25, 0.3) is 0 Å². The Morgan fingerprint density at radius 2 is 1.66 bits per heavy atom. The summed E-state index contributed by atoms with van der Waals surface area (Å²) in [4.78, 5) is 43.4. The fourth-order valence-corrected chi connectivity index (χ4v) is 10.8. The van der Waals surface area contributed by atoms with E-state index in [-0.39, 0.29) is 40.3 Å². The number of carbonyl (C=O) groups excluding carboxylic acids is 3. The molecule has 6 heteroatoms.